The van der Waals surface area contributed by atoms with Crippen LogP contribution in [0.15, 0.2) is 30.3 Å². The molecule has 0 saturated carbocycles. The largest absolute Gasteiger partial charge is 0.465 e. The van der Waals surface area contributed by atoms with E-state index in [9.17, 15) is 15.0 Å². The third-order valence-electron chi connectivity index (χ3n) is 4.22. The van der Waals surface area contributed by atoms with Crippen molar-refractivity contribution in [3.63, 3.8) is 0 Å². The van der Waals surface area contributed by atoms with Crippen LogP contribution in [0.3, 0.4) is 0 Å². The zero-order valence-corrected chi connectivity index (χ0v) is 11.6. The van der Waals surface area contributed by atoms with E-state index in [0.717, 1.165) is 0 Å². The molecule has 0 bridgehead atoms. The first-order chi connectivity index (χ1) is 10.1. The molecule has 2 aliphatic heterocycles. The number of benzene rings is 1. The summed E-state index contributed by atoms with van der Waals surface area (Å²) in [5, 5.41) is 20.0. The third kappa shape index (κ3) is 2.74. The van der Waals surface area contributed by atoms with Gasteiger partial charge < -0.3 is 24.6 Å². The van der Waals surface area contributed by atoms with Crippen LogP contribution in [-0.4, -0.2) is 52.8 Å². The van der Waals surface area contributed by atoms with Crippen LogP contribution in [0.25, 0.3) is 0 Å². The average molecular weight is 293 g/mol. The number of ether oxygens (including phenoxy) is 2. The van der Waals surface area contributed by atoms with E-state index >= 15 is 0 Å². The van der Waals surface area contributed by atoms with Crippen LogP contribution in [0.2, 0.25) is 0 Å². The SMILES string of the molecule is O=C(O)N1CCC2(CC1C(O)c1ccccc1)OCCO2. The van der Waals surface area contributed by atoms with Gasteiger partial charge in [0.25, 0.3) is 0 Å². The van der Waals surface area contributed by atoms with Gasteiger partial charge >= 0.3 is 6.09 Å². The first-order valence-electron chi connectivity index (χ1n) is 7.12. The van der Waals surface area contributed by atoms with Crippen molar-refractivity contribution in [2.24, 2.45) is 0 Å². The standard InChI is InChI=1S/C15H19NO5/c17-13(11-4-2-1-3-5-11)12-10-15(20-8-9-21-15)6-7-16(12)14(18)19/h1-5,12-13,17H,6-10H2,(H,18,19). The lowest BCUT2D eigenvalue weighted by molar-refractivity contribution is -0.201. The van der Waals surface area contributed by atoms with Gasteiger partial charge in [-0.05, 0) is 5.56 Å². The third-order valence-corrected chi connectivity index (χ3v) is 4.22. The summed E-state index contributed by atoms with van der Waals surface area (Å²) in [7, 11) is 0. The minimum Gasteiger partial charge on any atom is -0.465 e. The number of rotatable bonds is 2. The predicted molar refractivity (Wildman–Crippen MR) is 73.8 cm³/mol. The van der Waals surface area contributed by atoms with Crippen molar-refractivity contribution in [3.8, 4) is 0 Å². The number of piperidine rings is 1. The molecule has 6 nitrogen and oxygen atoms in total. The number of carbonyl (C=O) groups is 1. The molecule has 2 atom stereocenters. The van der Waals surface area contributed by atoms with Gasteiger partial charge in [0.15, 0.2) is 5.79 Å². The van der Waals surface area contributed by atoms with E-state index in [1.807, 2.05) is 18.2 Å². The zero-order valence-electron chi connectivity index (χ0n) is 11.6. The minimum absolute atomic E-state index is 0.296. The summed E-state index contributed by atoms with van der Waals surface area (Å²) in [5.41, 5.74) is 0.698. The summed E-state index contributed by atoms with van der Waals surface area (Å²) in [6.07, 6.45) is -1.08. The highest BCUT2D eigenvalue weighted by Crippen LogP contribution is 2.38. The van der Waals surface area contributed by atoms with Gasteiger partial charge in [0.05, 0.1) is 25.4 Å². The van der Waals surface area contributed by atoms with E-state index in [4.69, 9.17) is 9.47 Å². The molecule has 1 amide bonds. The Balaban J connectivity index is 1.85. The molecule has 2 fully saturated rings. The van der Waals surface area contributed by atoms with Crippen molar-refractivity contribution in [2.45, 2.75) is 30.8 Å². The molecule has 0 aromatic heterocycles. The number of amides is 1. The summed E-state index contributed by atoms with van der Waals surface area (Å²) in [5.74, 6) is -0.744. The first-order valence-corrected chi connectivity index (χ1v) is 7.12. The Morgan fingerprint density at radius 1 is 1.29 bits per heavy atom. The lowest BCUT2D eigenvalue weighted by atomic mass is 9.89. The predicted octanol–water partition coefficient (Wildman–Crippen LogP) is 1.61. The molecule has 1 aromatic rings. The molecule has 1 spiro atoms. The summed E-state index contributed by atoms with van der Waals surface area (Å²) < 4.78 is 11.3. The number of aliphatic hydroxyl groups is 1. The van der Waals surface area contributed by atoms with Gasteiger partial charge in [-0.1, -0.05) is 30.3 Å². The van der Waals surface area contributed by atoms with E-state index in [1.165, 1.54) is 4.90 Å². The number of hydrogen-bond donors (Lipinski definition) is 2. The highest BCUT2D eigenvalue weighted by atomic mass is 16.7. The second kappa shape index (κ2) is 5.63. The number of hydrogen-bond acceptors (Lipinski definition) is 4. The van der Waals surface area contributed by atoms with Gasteiger partial charge in [0.2, 0.25) is 0 Å². The molecule has 6 heteroatoms. The minimum atomic E-state index is -1.03. The van der Waals surface area contributed by atoms with Gasteiger partial charge in [-0.25, -0.2) is 4.79 Å². The molecular weight excluding hydrogens is 274 g/mol. The number of aliphatic hydroxyl groups excluding tert-OH is 1. The normalized spacial score (nSPS) is 26.0. The fourth-order valence-corrected chi connectivity index (χ4v) is 3.14. The maximum Gasteiger partial charge on any atom is 0.407 e. The molecule has 2 heterocycles. The van der Waals surface area contributed by atoms with Crippen LogP contribution in [0.1, 0.15) is 24.5 Å². The Kier molecular flexibility index (Phi) is 3.84. The van der Waals surface area contributed by atoms with Crippen LogP contribution in [-0.2, 0) is 9.47 Å². The van der Waals surface area contributed by atoms with E-state index in [2.05, 4.69) is 0 Å². The van der Waals surface area contributed by atoms with Crippen molar-refractivity contribution in [1.82, 2.24) is 4.90 Å². The lowest BCUT2D eigenvalue weighted by Gasteiger charge is -2.44. The van der Waals surface area contributed by atoms with Gasteiger partial charge in [0.1, 0.15) is 0 Å². The lowest BCUT2D eigenvalue weighted by Crippen LogP contribution is -2.55. The number of carboxylic acid groups (broad SMARTS) is 1. The van der Waals surface area contributed by atoms with E-state index in [0.29, 0.717) is 38.2 Å². The Labute approximate surface area is 122 Å². The summed E-state index contributed by atoms with van der Waals surface area (Å²) in [4.78, 5) is 12.7. The van der Waals surface area contributed by atoms with Gasteiger partial charge in [-0.3, -0.25) is 0 Å². The molecule has 1 aromatic carbocycles. The van der Waals surface area contributed by atoms with Crippen LogP contribution < -0.4 is 0 Å². The van der Waals surface area contributed by atoms with Gasteiger partial charge in [-0.2, -0.15) is 0 Å². The number of nitrogens with zero attached hydrogens (tertiary/aromatic N) is 1. The van der Waals surface area contributed by atoms with Crippen molar-refractivity contribution < 1.29 is 24.5 Å². The van der Waals surface area contributed by atoms with E-state index < -0.39 is 24.0 Å². The van der Waals surface area contributed by atoms with Gasteiger partial charge in [-0.15, -0.1) is 0 Å². The molecule has 2 unspecified atom stereocenters. The topological polar surface area (TPSA) is 79.2 Å². The van der Waals surface area contributed by atoms with Crippen LogP contribution in [0, 0.1) is 0 Å². The van der Waals surface area contributed by atoms with Crippen LogP contribution in [0.5, 0.6) is 0 Å². The molecule has 0 radical (unpaired) electrons. The second-order valence-corrected chi connectivity index (χ2v) is 5.46. The maximum absolute atomic E-state index is 11.4. The second-order valence-electron chi connectivity index (χ2n) is 5.46. The molecule has 2 aliphatic rings. The van der Waals surface area contributed by atoms with Crippen molar-refractivity contribution in [2.75, 3.05) is 19.8 Å². The Hall–Kier alpha value is -1.63. The number of likely N-dealkylation sites (tertiary alicyclic amines) is 1. The van der Waals surface area contributed by atoms with Crippen LogP contribution in [0.4, 0.5) is 4.79 Å². The Morgan fingerprint density at radius 3 is 2.57 bits per heavy atom. The molecule has 114 valence electrons. The summed E-state index contributed by atoms with van der Waals surface area (Å²) >= 11 is 0. The smallest absolute Gasteiger partial charge is 0.407 e. The molecule has 21 heavy (non-hydrogen) atoms. The van der Waals surface area contributed by atoms with Crippen molar-refractivity contribution in [3.05, 3.63) is 35.9 Å². The fourth-order valence-electron chi connectivity index (χ4n) is 3.14. The molecule has 2 saturated heterocycles. The first kappa shape index (κ1) is 14.3. The Morgan fingerprint density at radius 2 is 1.95 bits per heavy atom. The summed E-state index contributed by atoms with van der Waals surface area (Å²) in [6.45, 7) is 1.33. The summed E-state index contributed by atoms with van der Waals surface area (Å²) in [6, 6.07) is 8.52. The molecule has 0 aliphatic carbocycles. The quantitative estimate of drug-likeness (QED) is 0.866. The molecule has 3 rings (SSSR count). The van der Waals surface area contributed by atoms with Crippen molar-refractivity contribution >= 4 is 6.09 Å². The zero-order chi connectivity index (χ0) is 14.9. The highest BCUT2D eigenvalue weighted by molar-refractivity contribution is 5.65. The van der Waals surface area contributed by atoms with Crippen molar-refractivity contribution in [1.29, 1.82) is 0 Å². The van der Waals surface area contributed by atoms with Crippen LogP contribution >= 0.6 is 0 Å². The van der Waals surface area contributed by atoms with E-state index in [1.54, 1.807) is 12.1 Å². The monoisotopic (exact) mass is 293 g/mol. The molecule has 2 N–H and O–H groups in total. The van der Waals surface area contributed by atoms with E-state index in [-0.39, 0.29) is 0 Å². The Bertz CT molecular complexity index is 500. The van der Waals surface area contributed by atoms with Gasteiger partial charge in [0, 0.05) is 19.4 Å². The highest BCUT2D eigenvalue weighted by Gasteiger charge is 2.48. The maximum atomic E-state index is 11.4. The average Bonchev–Trinajstić information content (AvgIpc) is 2.95. The molecular formula is C15H19NO5. The fraction of sp³-hybridized carbons (Fsp3) is 0.533.